The summed E-state index contributed by atoms with van der Waals surface area (Å²) in [5.74, 6) is -2.04. The molecule has 18 heavy (non-hydrogen) atoms. The molecule has 6 heteroatoms. The van der Waals surface area contributed by atoms with Gasteiger partial charge in [-0.3, -0.25) is 10.1 Å². The third kappa shape index (κ3) is 1.53. The summed E-state index contributed by atoms with van der Waals surface area (Å²) in [6.07, 6.45) is 0.461. The Morgan fingerprint density at radius 3 is 3.00 bits per heavy atom. The number of ether oxygens (including phenoxy) is 2. The van der Waals surface area contributed by atoms with Crippen LogP contribution in [0, 0.1) is 11.6 Å². The SMILES string of the molecule is O=CC1N[C@]2(CCOc3c2ccc(F)c3F)CO1. The van der Waals surface area contributed by atoms with Gasteiger partial charge in [-0.1, -0.05) is 6.07 Å². The van der Waals surface area contributed by atoms with Gasteiger partial charge in [0.1, 0.15) is 0 Å². The van der Waals surface area contributed by atoms with Crippen LogP contribution in [0.3, 0.4) is 0 Å². The van der Waals surface area contributed by atoms with E-state index in [-0.39, 0.29) is 19.0 Å². The predicted octanol–water partition coefficient (Wildman–Crippen LogP) is 1.09. The minimum absolute atomic E-state index is 0.0936. The monoisotopic (exact) mass is 255 g/mol. The van der Waals surface area contributed by atoms with Crippen molar-refractivity contribution in [3.05, 3.63) is 29.3 Å². The predicted molar refractivity (Wildman–Crippen MR) is 57.1 cm³/mol. The van der Waals surface area contributed by atoms with Crippen LogP contribution in [-0.2, 0) is 15.1 Å². The van der Waals surface area contributed by atoms with Crippen molar-refractivity contribution in [2.45, 2.75) is 18.2 Å². The molecule has 3 rings (SSSR count). The molecule has 0 bridgehead atoms. The van der Waals surface area contributed by atoms with Gasteiger partial charge in [0.25, 0.3) is 0 Å². The van der Waals surface area contributed by atoms with Crippen LogP contribution in [-0.4, -0.2) is 25.7 Å². The highest BCUT2D eigenvalue weighted by Crippen LogP contribution is 2.41. The number of aldehydes is 1. The summed E-state index contributed by atoms with van der Waals surface area (Å²) in [5, 5.41) is 3.00. The van der Waals surface area contributed by atoms with E-state index in [2.05, 4.69) is 5.32 Å². The van der Waals surface area contributed by atoms with Crippen LogP contribution < -0.4 is 10.1 Å². The van der Waals surface area contributed by atoms with E-state index in [1.54, 1.807) is 0 Å². The Hall–Kier alpha value is -1.53. The maximum absolute atomic E-state index is 13.7. The number of fused-ring (bicyclic) bond motifs is 2. The zero-order chi connectivity index (χ0) is 12.8. The van der Waals surface area contributed by atoms with Crippen molar-refractivity contribution in [3.63, 3.8) is 0 Å². The molecule has 1 fully saturated rings. The number of carbonyl (C=O) groups is 1. The number of benzene rings is 1. The molecule has 4 nitrogen and oxygen atoms in total. The van der Waals surface area contributed by atoms with Gasteiger partial charge >= 0.3 is 0 Å². The normalized spacial score (nSPS) is 30.0. The van der Waals surface area contributed by atoms with Crippen molar-refractivity contribution in [1.29, 1.82) is 0 Å². The average Bonchev–Trinajstić information content (AvgIpc) is 2.79. The highest BCUT2D eigenvalue weighted by Gasteiger charge is 2.45. The number of hydrogen-bond acceptors (Lipinski definition) is 4. The summed E-state index contributed by atoms with van der Waals surface area (Å²) in [4.78, 5) is 10.7. The maximum atomic E-state index is 13.7. The van der Waals surface area contributed by atoms with Crippen LogP contribution in [0.2, 0.25) is 0 Å². The van der Waals surface area contributed by atoms with Crippen LogP contribution in [0.15, 0.2) is 12.1 Å². The molecule has 0 aromatic heterocycles. The minimum atomic E-state index is -0.997. The first-order valence-corrected chi connectivity index (χ1v) is 5.62. The fourth-order valence-electron chi connectivity index (χ4n) is 2.47. The fourth-order valence-corrected chi connectivity index (χ4v) is 2.47. The second kappa shape index (κ2) is 4.00. The Bertz CT molecular complexity index is 508. The standard InChI is InChI=1S/C12H11F2NO3/c13-8-2-1-7-11(10(8)14)17-4-3-12(7)6-18-9(5-16)15-12/h1-2,5,9,15H,3-4,6H2/t9?,12-/m1/s1. The van der Waals surface area contributed by atoms with Crippen LogP contribution >= 0.6 is 0 Å². The minimum Gasteiger partial charge on any atom is -0.490 e. The van der Waals surface area contributed by atoms with E-state index in [0.717, 1.165) is 6.07 Å². The van der Waals surface area contributed by atoms with E-state index in [1.807, 2.05) is 0 Å². The van der Waals surface area contributed by atoms with Crippen LogP contribution in [0.1, 0.15) is 12.0 Å². The summed E-state index contributed by atoms with van der Waals surface area (Å²) in [6, 6.07) is 2.52. The molecule has 0 aliphatic carbocycles. The Kier molecular flexibility index (Phi) is 2.57. The van der Waals surface area contributed by atoms with E-state index < -0.39 is 23.4 Å². The van der Waals surface area contributed by atoms with Gasteiger partial charge in [-0.05, 0) is 6.07 Å². The molecule has 0 amide bonds. The summed E-state index contributed by atoms with van der Waals surface area (Å²) in [6.45, 7) is 0.479. The van der Waals surface area contributed by atoms with E-state index >= 15 is 0 Å². The quantitative estimate of drug-likeness (QED) is 0.763. The highest BCUT2D eigenvalue weighted by atomic mass is 19.2. The Morgan fingerprint density at radius 2 is 2.28 bits per heavy atom. The van der Waals surface area contributed by atoms with Gasteiger partial charge in [-0.25, -0.2) is 4.39 Å². The molecule has 2 aliphatic heterocycles. The van der Waals surface area contributed by atoms with Crippen molar-refractivity contribution in [2.24, 2.45) is 0 Å². The topological polar surface area (TPSA) is 47.6 Å². The fraction of sp³-hybridized carbons (Fsp3) is 0.417. The van der Waals surface area contributed by atoms with Crippen molar-refractivity contribution >= 4 is 6.29 Å². The molecule has 2 aliphatic rings. The van der Waals surface area contributed by atoms with Crippen molar-refractivity contribution < 1.29 is 23.0 Å². The van der Waals surface area contributed by atoms with Gasteiger partial charge in [0.15, 0.2) is 24.1 Å². The molecular weight excluding hydrogens is 244 g/mol. The average molecular weight is 255 g/mol. The van der Waals surface area contributed by atoms with Gasteiger partial charge in [0.05, 0.1) is 18.8 Å². The molecule has 1 N–H and O–H groups in total. The van der Waals surface area contributed by atoms with Gasteiger partial charge < -0.3 is 9.47 Å². The van der Waals surface area contributed by atoms with E-state index in [1.165, 1.54) is 6.07 Å². The summed E-state index contributed by atoms with van der Waals surface area (Å²) in [7, 11) is 0. The third-order valence-electron chi connectivity index (χ3n) is 3.39. The zero-order valence-corrected chi connectivity index (χ0v) is 9.41. The molecule has 1 saturated heterocycles. The summed E-state index contributed by atoms with van der Waals surface area (Å²) >= 11 is 0. The molecule has 1 spiro atoms. The smallest absolute Gasteiger partial charge is 0.200 e. The molecule has 96 valence electrons. The van der Waals surface area contributed by atoms with Gasteiger partial charge in [0, 0.05) is 12.0 Å². The lowest BCUT2D eigenvalue weighted by molar-refractivity contribution is -0.116. The molecule has 2 atom stereocenters. The second-order valence-electron chi connectivity index (χ2n) is 4.43. The number of carbonyl (C=O) groups excluding carboxylic acids is 1. The number of hydrogen-bond donors (Lipinski definition) is 1. The number of rotatable bonds is 1. The van der Waals surface area contributed by atoms with E-state index in [0.29, 0.717) is 18.3 Å². The lowest BCUT2D eigenvalue weighted by Crippen LogP contribution is -2.46. The molecule has 0 radical (unpaired) electrons. The van der Waals surface area contributed by atoms with E-state index in [9.17, 15) is 13.6 Å². The van der Waals surface area contributed by atoms with Crippen molar-refractivity contribution in [3.8, 4) is 5.75 Å². The Morgan fingerprint density at radius 1 is 1.44 bits per heavy atom. The largest absolute Gasteiger partial charge is 0.490 e. The first kappa shape index (κ1) is 11.6. The number of halogens is 2. The Labute approximate surface area is 102 Å². The molecule has 0 saturated carbocycles. The summed E-state index contributed by atoms with van der Waals surface area (Å²) < 4.78 is 37.3. The molecule has 2 heterocycles. The molecule has 1 aromatic rings. The summed E-state index contributed by atoms with van der Waals surface area (Å²) in [5.41, 5.74) is -0.176. The first-order chi connectivity index (χ1) is 8.66. The first-order valence-electron chi connectivity index (χ1n) is 5.62. The van der Waals surface area contributed by atoms with Crippen molar-refractivity contribution in [2.75, 3.05) is 13.2 Å². The third-order valence-corrected chi connectivity index (χ3v) is 3.39. The van der Waals surface area contributed by atoms with Gasteiger partial charge in [0.2, 0.25) is 5.82 Å². The van der Waals surface area contributed by atoms with Crippen LogP contribution in [0.25, 0.3) is 0 Å². The highest BCUT2D eigenvalue weighted by molar-refractivity contribution is 5.57. The Balaban J connectivity index is 2.08. The molecular formula is C12H11F2NO3. The van der Waals surface area contributed by atoms with Crippen LogP contribution in [0.5, 0.6) is 5.75 Å². The second-order valence-corrected chi connectivity index (χ2v) is 4.43. The maximum Gasteiger partial charge on any atom is 0.200 e. The van der Waals surface area contributed by atoms with Gasteiger partial charge in [-0.15, -0.1) is 0 Å². The van der Waals surface area contributed by atoms with Crippen molar-refractivity contribution in [1.82, 2.24) is 5.32 Å². The van der Waals surface area contributed by atoms with E-state index in [4.69, 9.17) is 9.47 Å². The molecule has 1 unspecified atom stereocenters. The van der Waals surface area contributed by atoms with Gasteiger partial charge in [-0.2, -0.15) is 4.39 Å². The zero-order valence-electron chi connectivity index (χ0n) is 9.41. The van der Waals surface area contributed by atoms with Crippen LogP contribution in [0.4, 0.5) is 8.78 Å². The molecule has 1 aromatic carbocycles. The lowest BCUT2D eigenvalue weighted by Gasteiger charge is -2.34. The number of nitrogens with one attached hydrogen (secondary N) is 1. The lowest BCUT2D eigenvalue weighted by atomic mass is 9.85.